The third-order valence-corrected chi connectivity index (χ3v) is 3.91. The fourth-order valence-electron chi connectivity index (χ4n) is 3.03. The second-order valence-corrected chi connectivity index (χ2v) is 4.97. The summed E-state index contributed by atoms with van der Waals surface area (Å²) in [6.45, 7) is 6.20. The van der Waals surface area contributed by atoms with Crippen LogP contribution in [-0.2, 0) is 4.79 Å². The van der Waals surface area contributed by atoms with E-state index < -0.39 is 5.97 Å². The maximum absolute atomic E-state index is 11.2. The van der Waals surface area contributed by atoms with E-state index in [0.717, 1.165) is 32.5 Å². The highest BCUT2D eigenvalue weighted by atomic mass is 16.4. The van der Waals surface area contributed by atoms with Crippen LogP contribution in [0.4, 0.5) is 0 Å². The van der Waals surface area contributed by atoms with Gasteiger partial charge < -0.3 is 5.11 Å². The molecule has 4 heteroatoms. The molecule has 2 rings (SSSR count). The van der Waals surface area contributed by atoms with Crippen molar-refractivity contribution in [3.63, 3.8) is 0 Å². The summed E-state index contributed by atoms with van der Waals surface area (Å²) in [4.78, 5) is 15.9. The van der Waals surface area contributed by atoms with E-state index in [2.05, 4.69) is 16.7 Å². The molecular formula is C12H22N2O2. The Morgan fingerprint density at radius 2 is 2.25 bits per heavy atom. The summed E-state index contributed by atoms with van der Waals surface area (Å²) >= 11 is 0. The van der Waals surface area contributed by atoms with Crippen LogP contribution < -0.4 is 0 Å². The number of carboxylic acid groups (broad SMARTS) is 1. The molecule has 2 unspecified atom stereocenters. The van der Waals surface area contributed by atoms with Crippen LogP contribution in [0.5, 0.6) is 0 Å². The first-order chi connectivity index (χ1) is 7.72. The Balaban J connectivity index is 1.95. The molecule has 0 spiro atoms. The number of nitrogens with zero attached hydrogens (tertiary/aromatic N) is 2. The Labute approximate surface area is 97.2 Å². The predicted molar refractivity (Wildman–Crippen MR) is 62.5 cm³/mol. The minimum Gasteiger partial charge on any atom is -0.480 e. The van der Waals surface area contributed by atoms with Crippen LogP contribution in [0.3, 0.4) is 0 Å². The zero-order valence-corrected chi connectivity index (χ0v) is 10.1. The molecule has 2 atom stereocenters. The largest absolute Gasteiger partial charge is 0.480 e. The minimum atomic E-state index is -0.645. The van der Waals surface area contributed by atoms with E-state index in [1.165, 1.54) is 19.4 Å². The molecule has 0 aromatic rings. The molecule has 0 bridgehead atoms. The molecule has 4 nitrogen and oxygen atoms in total. The molecule has 0 aromatic carbocycles. The van der Waals surface area contributed by atoms with Gasteiger partial charge in [-0.15, -0.1) is 0 Å². The quantitative estimate of drug-likeness (QED) is 0.777. The molecule has 0 aliphatic carbocycles. The van der Waals surface area contributed by atoms with E-state index in [0.29, 0.717) is 6.04 Å². The van der Waals surface area contributed by atoms with Crippen LogP contribution in [0, 0.1) is 0 Å². The van der Waals surface area contributed by atoms with Gasteiger partial charge in [-0.2, -0.15) is 0 Å². The first-order valence-electron chi connectivity index (χ1n) is 6.43. The molecule has 2 aliphatic rings. The Morgan fingerprint density at radius 3 is 2.94 bits per heavy atom. The third-order valence-electron chi connectivity index (χ3n) is 3.91. The molecule has 0 amide bonds. The number of carboxylic acids is 1. The number of carbonyl (C=O) groups is 1. The Bertz CT molecular complexity index is 257. The van der Waals surface area contributed by atoms with E-state index in [1.807, 2.05) is 0 Å². The molecule has 1 N–H and O–H groups in total. The smallest absolute Gasteiger partial charge is 0.320 e. The first-order valence-corrected chi connectivity index (χ1v) is 6.43. The standard InChI is InChI=1S/C12H22N2O2/c1-2-4-11(12(15)16)14-8-7-13-6-3-5-10(13)9-14/h10-11H,2-9H2,1H3,(H,15,16). The zero-order chi connectivity index (χ0) is 11.5. The fourth-order valence-corrected chi connectivity index (χ4v) is 3.03. The first kappa shape index (κ1) is 11.9. The van der Waals surface area contributed by atoms with Gasteiger partial charge in [0.1, 0.15) is 6.04 Å². The second-order valence-electron chi connectivity index (χ2n) is 4.97. The van der Waals surface area contributed by atoms with Gasteiger partial charge in [-0.3, -0.25) is 14.6 Å². The zero-order valence-electron chi connectivity index (χ0n) is 10.1. The molecule has 16 heavy (non-hydrogen) atoms. The Morgan fingerprint density at radius 1 is 1.44 bits per heavy atom. The van der Waals surface area contributed by atoms with Crippen molar-refractivity contribution >= 4 is 5.97 Å². The van der Waals surface area contributed by atoms with Gasteiger partial charge in [0.25, 0.3) is 0 Å². The SMILES string of the molecule is CCCC(C(=O)O)N1CCN2CCCC2C1. The number of piperazine rings is 1. The monoisotopic (exact) mass is 226 g/mol. The highest BCUT2D eigenvalue weighted by molar-refractivity contribution is 5.73. The van der Waals surface area contributed by atoms with Crippen LogP contribution in [-0.4, -0.2) is 59.1 Å². The average Bonchev–Trinajstić information content (AvgIpc) is 2.72. The van der Waals surface area contributed by atoms with E-state index in [1.54, 1.807) is 0 Å². The molecule has 92 valence electrons. The molecular weight excluding hydrogens is 204 g/mol. The lowest BCUT2D eigenvalue weighted by Crippen LogP contribution is -2.55. The van der Waals surface area contributed by atoms with Crippen LogP contribution in [0.15, 0.2) is 0 Å². The summed E-state index contributed by atoms with van der Waals surface area (Å²) in [5, 5.41) is 9.24. The number of hydrogen-bond donors (Lipinski definition) is 1. The van der Waals surface area contributed by atoms with Crippen LogP contribution in [0.25, 0.3) is 0 Å². The van der Waals surface area contributed by atoms with Gasteiger partial charge in [0.15, 0.2) is 0 Å². The minimum absolute atomic E-state index is 0.257. The highest BCUT2D eigenvalue weighted by Gasteiger charge is 2.35. The second kappa shape index (κ2) is 5.15. The maximum Gasteiger partial charge on any atom is 0.320 e. The summed E-state index contributed by atoms with van der Waals surface area (Å²) < 4.78 is 0. The molecule has 2 saturated heterocycles. The van der Waals surface area contributed by atoms with Gasteiger partial charge in [-0.05, 0) is 25.8 Å². The topological polar surface area (TPSA) is 43.8 Å². The highest BCUT2D eigenvalue weighted by Crippen LogP contribution is 2.23. The van der Waals surface area contributed by atoms with Gasteiger partial charge in [-0.1, -0.05) is 13.3 Å². The van der Waals surface area contributed by atoms with Crippen molar-refractivity contribution in [3.05, 3.63) is 0 Å². The molecule has 0 saturated carbocycles. The van der Waals surface area contributed by atoms with E-state index in [9.17, 15) is 9.90 Å². The van der Waals surface area contributed by atoms with Crippen molar-refractivity contribution < 1.29 is 9.90 Å². The molecule has 0 aromatic heterocycles. The lowest BCUT2D eigenvalue weighted by atomic mass is 10.1. The maximum atomic E-state index is 11.2. The Kier molecular flexibility index (Phi) is 3.82. The Hall–Kier alpha value is -0.610. The fraction of sp³-hybridized carbons (Fsp3) is 0.917. The summed E-state index contributed by atoms with van der Waals surface area (Å²) in [7, 11) is 0. The predicted octanol–water partition coefficient (Wildman–Crippen LogP) is 1.02. The van der Waals surface area contributed by atoms with Gasteiger partial charge in [0, 0.05) is 25.7 Å². The number of aliphatic carboxylic acids is 1. The van der Waals surface area contributed by atoms with Crippen LogP contribution in [0.2, 0.25) is 0 Å². The van der Waals surface area contributed by atoms with Gasteiger partial charge >= 0.3 is 5.97 Å². The number of rotatable bonds is 4. The van der Waals surface area contributed by atoms with E-state index >= 15 is 0 Å². The van der Waals surface area contributed by atoms with Crippen molar-refractivity contribution in [2.24, 2.45) is 0 Å². The van der Waals surface area contributed by atoms with E-state index in [4.69, 9.17) is 0 Å². The average molecular weight is 226 g/mol. The van der Waals surface area contributed by atoms with Gasteiger partial charge in [-0.25, -0.2) is 0 Å². The summed E-state index contributed by atoms with van der Waals surface area (Å²) in [6, 6.07) is 0.361. The van der Waals surface area contributed by atoms with Gasteiger partial charge in [0.05, 0.1) is 0 Å². The number of hydrogen-bond acceptors (Lipinski definition) is 3. The van der Waals surface area contributed by atoms with Gasteiger partial charge in [0.2, 0.25) is 0 Å². The normalized spacial score (nSPS) is 28.9. The van der Waals surface area contributed by atoms with Crippen molar-refractivity contribution in [2.45, 2.75) is 44.7 Å². The van der Waals surface area contributed by atoms with Crippen LogP contribution in [0.1, 0.15) is 32.6 Å². The molecule has 0 radical (unpaired) electrons. The number of fused-ring (bicyclic) bond motifs is 1. The van der Waals surface area contributed by atoms with Crippen molar-refractivity contribution in [1.82, 2.24) is 9.80 Å². The summed E-state index contributed by atoms with van der Waals surface area (Å²) in [5.41, 5.74) is 0. The molecule has 2 fully saturated rings. The van der Waals surface area contributed by atoms with Crippen molar-refractivity contribution in [2.75, 3.05) is 26.2 Å². The molecule has 2 heterocycles. The summed E-state index contributed by atoms with van der Waals surface area (Å²) in [6.07, 6.45) is 4.25. The summed E-state index contributed by atoms with van der Waals surface area (Å²) in [5.74, 6) is -0.645. The lowest BCUT2D eigenvalue weighted by molar-refractivity contribution is -0.144. The molecule has 2 aliphatic heterocycles. The lowest BCUT2D eigenvalue weighted by Gasteiger charge is -2.40. The van der Waals surface area contributed by atoms with Crippen molar-refractivity contribution in [3.8, 4) is 0 Å². The van der Waals surface area contributed by atoms with Crippen molar-refractivity contribution in [1.29, 1.82) is 0 Å². The third kappa shape index (κ3) is 2.38. The van der Waals surface area contributed by atoms with Crippen LogP contribution >= 0.6 is 0 Å². The van der Waals surface area contributed by atoms with E-state index in [-0.39, 0.29) is 6.04 Å².